The Morgan fingerprint density at radius 2 is 2.05 bits per heavy atom. The van der Waals surface area contributed by atoms with Gasteiger partial charge in [0.05, 0.1) is 0 Å². The van der Waals surface area contributed by atoms with Crippen LogP contribution in [0.1, 0.15) is 52.1 Å². The van der Waals surface area contributed by atoms with Crippen molar-refractivity contribution in [3.8, 4) is 5.75 Å². The molecule has 3 atom stereocenters. The van der Waals surface area contributed by atoms with Crippen LogP contribution in [0.4, 0.5) is 4.39 Å². The van der Waals surface area contributed by atoms with Crippen molar-refractivity contribution in [2.45, 2.75) is 58.7 Å². The van der Waals surface area contributed by atoms with Crippen LogP contribution in [0, 0.1) is 5.82 Å². The van der Waals surface area contributed by atoms with Crippen LogP contribution < -0.4 is 15.8 Å². The van der Waals surface area contributed by atoms with E-state index in [1.54, 1.807) is 19.9 Å². The van der Waals surface area contributed by atoms with Crippen molar-refractivity contribution in [1.29, 1.82) is 0 Å². The first kappa shape index (κ1) is 17.4. The third-order valence-corrected chi connectivity index (χ3v) is 3.25. The van der Waals surface area contributed by atoms with Crippen LogP contribution >= 0.6 is 0 Å². The summed E-state index contributed by atoms with van der Waals surface area (Å²) in [4.78, 5) is 12.0. The van der Waals surface area contributed by atoms with Gasteiger partial charge in [0, 0.05) is 23.7 Å². The van der Waals surface area contributed by atoms with Crippen LogP contribution in [-0.4, -0.2) is 18.1 Å². The van der Waals surface area contributed by atoms with Gasteiger partial charge in [-0.2, -0.15) is 0 Å². The lowest BCUT2D eigenvalue weighted by molar-refractivity contribution is -0.127. The molecule has 0 radical (unpaired) electrons. The summed E-state index contributed by atoms with van der Waals surface area (Å²) in [7, 11) is 0. The normalized spacial score (nSPS) is 15.1. The summed E-state index contributed by atoms with van der Waals surface area (Å²) >= 11 is 0. The second-order valence-electron chi connectivity index (χ2n) is 5.43. The number of hydrogen-bond donors (Lipinski definition) is 2. The molecule has 0 fully saturated rings. The van der Waals surface area contributed by atoms with Gasteiger partial charge in [0.25, 0.3) is 5.91 Å². The Bertz CT molecular complexity index is 477. The minimum Gasteiger partial charge on any atom is -0.480 e. The lowest BCUT2D eigenvalue weighted by Gasteiger charge is -2.20. The third-order valence-electron chi connectivity index (χ3n) is 3.25. The molecule has 4 nitrogen and oxygen atoms in total. The molecular formula is C16H25FN2O2. The number of carbonyl (C=O) groups is 1. The van der Waals surface area contributed by atoms with Gasteiger partial charge in [0.1, 0.15) is 11.6 Å². The van der Waals surface area contributed by atoms with Crippen LogP contribution in [0.15, 0.2) is 18.2 Å². The zero-order valence-electron chi connectivity index (χ0n) is 13.2. The average molecular weight is 296 g/mol. The van der Waals surface area contributed by atoms with Crippen LogP contribution in [0.2, 0.25) is 0 Å². The Balaban J connectivity index is 2.76. The van der Waals surface area contributed by atoms with Crippen LogP contribution in [0.5, 0.6) is 5.75 Å². The molecule has 0 saturated carbocycles. The fourth-order valence-electron chi connectivity index (χ4n) is 2.10. The van der Waals surface area contributed by atoms with Gasteiger partial charge < -0.3 is 15.8 Å². The zero-order chi connectivity index (χ0) is 16.0. The molecule has 1 aromatic carbocycles. The molecule has 118 valence electrons. The number of benzene rings is 1. The summed E-state index contributed by atoms with van der Waals surface area (Å²) < 4.78 is 18.9. The lowest BCUT2D eigenvalue weighted by atomic mass is 10.1. The van der Waals surface area contributed by atoms with Crippen molar-refractivity contribution in [1.82, 2.24) is 5.32 Å². The van der Waals surface area contributed by atoms with Gasteiger partial charge in [-0.3, -0.25) is 4.79 Å². The van der Waals surface area contributed by atoms with Gasteiger partial charge in [-0.25, -0.2) is 4.39 Å². The van der Waals surface area contributed by atoms with Crippen molar-refractivity contribution < 1.29 is 13.9 Å². The summed E-state index contributed by atoms with van der Waals surface area (Å²) in [6.07, 6.45) is 1.20. The Morgan fingerprint density at radius 1 is 1.38 bits per heavy atom. The number of hydrogen-bond acceptors (Lipinski definition) is 3. The number of carbonyl (C=O) groups excluding carboxylic acids is 1. The second-order valence-corrected chi connectivity index (χ2v) is 5.43. The first-order valence-corrected chi connectivity index (χ1v) is 7.37. The largest absolute Gasteiger partial charge is 0.480 e. The maximum atomic E-state index is 13.4. The van der Waals surface area contributed by atoms with E-state index in [1.807, 2.05) is 6.92 Å². The lowest BCUT2D eigenvalue weighted by Crippen LogP contribution is -2.41. The Hall–Kier alpha value is -1.62. The van der Waals surface area contributed by atoms with Crippen molar-refractivity contribution >= 4 is 5.91 Å². The topological polar surface area (TPSA) is 64.3 Å². The first-order valence-electron chi connectivity index (χ1n) is 7.37. The van der Waals surface area contributed by atoms with Crippen LogP contribution in [0.25, 0.3) is 0 Å². The molecule has 1 amide bonds. The number of halogens is 1. The maximum absolute atomic E-state index is 13.4. The highest BCUT2D eigenvalue weighted by atomic mass is 19.1. The predicted octanol–water partition coefficient (Wildman–Crippen LogP) is 2.92. The molecule has 5 heteroatoms. The van der Waals surface area contributed by atoms with Gasteiger partial charge in [-0.05, 0) is 33.3 Å². The van der Waals surface area contributed by atoms with Gasteiger partial charge >= 0.3 is 0 Å². The SMILES string of the molecule is CCCC(C)NC(=O)C(C)Oc1cc(F)ccc1C(C)N. The van der Waals surface area contributed by atoms with E-state index in [9.17, 15) is 9.18 Å². The number of nitrogens with two attached hydrogens (primary N) is 1. The molecule has 3 unspecified atom stereocenters. The zero-order valence-corrected chi connectivity index (χ0v) is 13.2. The van der Waals surface area contributed by atoms with E-state index in [-0.39, 0.29) is 18.0 Å². The monoisotopic (exact) mass is 296 g/mol. The minimum atomic E-state index is -0.705. The molecule has 0 aliphatic carbocycles. The average Bonchev–Trinajstić information content (AvgIpc) is 2.38. The molecule has 0 aromatic heterocycles. The van der Waals surface area contributed by atoms with Gasteiger partial charge in [0.2, 0.25) is 0 Å². The molecule has 0 aliphatic rings. The first-order chi connectivity index (χ1) is 9.85. The van der Waals surface area contributed by atoms with E-state index >= 15 is 0 Å². The standard InChI is InChI=1S/C16H25FN2O2/c1-5-6-10(2)19-16(20)12(4)21-15-9-13(17)7-8-14(15)11(3)18/h7-12H,5-6,18H2,1-4H3,(H,19,20). The highest BCUT2D eigenvalue weighted by Crippen LogP contribution is 2.25. The van der Waals surface area contributed by atoms with Crippen molar-refractivity contribution in [2.24, 2.45) is 5.73 Å². The molecule has 0 heterocycles. The van der Waals surface area contributed by atoms with E-state index in [2.05, 4.69) is 12.2 Å². The van der Waals surface area contributed by atoms with E-state index < -0.39 is 11.9 Å². The van der Waals surface area contributed by atoms with E-state index in [4.69, 9.17) is 10.5 Å². The van der Waals surface area contributed by atoms with Crippen molar-refractivity contribution in [3.05, 3.63) is 29.6 Å². The highest BCUT2D eigenvalue weighted by Gasteiger charge is 2.19. The predicted molar refractivity (Wildman–Crippen MR) is 81.6 cm³/mol. The second kappa shape index (κ2) is 7.98. The fraction of sp³-hybridized carbons (Fsp3) is 0.562. The number of nitrogens with one attached hydrogen (secondary N) is 1. The number of amides is 1. The fourth-order valence-corrected chi connectivity index (χ4v) is 2.10. The smallest absolute Gasteiger partial charge is 0.260 e. The summed E-state index contributed by atoms with van der Waals surface area (Å²) in [6.45, 7) is 7.44. The Labute approximate surface area is 125 Å². The molecule has 1 rings (SSSR count). The van der Waals surface area contributed by atoms with E-state index in [1.165, 1.54) is 12.1 Å². The molecule has 0 saturated heterocycles. The maximum Gasteiger partial charge on any atom is 0.260 e. The van der Waals surface area contributed by atoms with Gasteiger partial charge in [-0.15, -0.1) is 0 Å². The van der Waals surface area contributed by atoms with E-state index in [0.717, 1.165) is 12.8 Å². The molecule has 1 aromatic rings. The summed E-state index contributed by atoms with van der Waals surface area (Å²) in [5, 5.41) is 2.88. The van der Waals surface area contributed by atoms with Crippen LogP contribution in [0.3, 0.4) is 0 Å². The Kier molecular flexibility index (Phi) is 6.62. The number of rotatable bonds is 7. The molecule has 3 N–H and O–H groups in total. The summed E-state index contributed by atoms with van der Waals surface area (Å²) in [5.74, 6) is -0.312. The number of ether oxygens (including phenoxy) is 1. The third kappa shape index (κ3) is 5.34. The Morgan fingerprint density at radius 3 is 2.62 bits per heavy atom. The molecule has 21 heavy (non-hydrogen) atoms. The van der Waals surface area contributed by atoms with Crippen molar-refractivity contribution in [3.63, 3.8) is 0 Å². The molecule has 0 spiro atoms. The molecule has 0 aliphatic heterocycles. The molecule has 0 bridgehead atoms. The summed E-state index contributed by atoms with van der Waals surface area (Å²) in [5.41, 5.74) is 6.51. The van der Waals surface area contributed by atoms with Gasteiger partial charge in [0.15, 0.2) is 6.10 Å². The summed E-state index contributed by atoms with van der Waals surface area (Å²) in [6, 6.07) is 3.97. The van der Waals surface area contributed by atoms with E-state index in [0.29, 0.717) is 11.3 Å². The van der Waals surface area contributed by atoms with Gasteiger partial charge in [-0.1, -0.05) is 19.4 Å². The molecular weight excluding hydrogens is 271 g/mol. The highest BCUT2D eigenvalue weighted by molar-refractivity contribution is 5.81. The van der Waals surface area contributed by atoms with Crippen molar-refractivity contribution in [2.75, 3.05) is 0 Å². The minimum absolute atomic E-state index is 0.0916. The van der Waals surface area contributed by atoms with Crippen LogP contribution in [-0.2, 0) is 4.79 Å². The quantitative estimate of drug-likeness (QED) is 0.813.